The number of likely N-dealkylation sites (tertiary alicyclic amines) is 1. The maximum Gasteiger partial charge on any atom is 0.246 e. The van der Waals surface area contributed by atoms with E-state index < -0.39 is 5.54 Å². The van der Waals surface area contributed by atoms with E-state index in [-0.39, 0.29) is 5.91 Å². The molecular weight excluding hydrogens is 280 g/mol. The Bertz CT molecular complexity index is 635. The number of amides is 1. The van der Waals surface area contributed by atoms with Crippen LogP contribution in [0.1, 0.15) is 24.1 Å². The minimum absolute atomic E-state index is 0.0534. The van der Waals surface area contributed by atoms with E-state index in [4.69, 9.17) is 0 Å². The number of hydrogen-bond acceptors (Lipinski definition) is 6. The second-order valence-corrected chi connectivity index (χ2v) is 5.30. The fourth-order valence-corrected chi connectivity index (χ4v) is 3.10. The predicted octanol–water partition coefficient (Wildman–Crippen LogP) is 0.504. The van der Waals surface area contributed by atoms with Crippen molar-refractivity contribution in [3.8, 4) is 0 Å². The molecule has 7 heteroatoms. The molecule has 0 spiro atoms. The first-order valence-electron chi connectivity index (χ1n) is 7.25. The largest absolute Gasteiger partial charge is 0.357 e. The van der Waals surface area contributed by atoms with Crippen molar-refractivity contribution in [2.45, 2.75) is 24.9 Å². The summed E-state index contributed by atoms with van der Waals surface area (Å²) in [5.41, 5.74) is 0.879. The molecule has 0 bridgehead atoms. The van der Waals surface area contributed by atoms with Crippen LogP contribution >= 0.6 is 0 Å². The molecule has 2 aromatic heterocycles. The number of likely N-dealkylation sites (N-methyl/N-ethyl adjacent to an activating group) is 1. The quantitative estimate of drug-likeness (QED) is 0.885. The Morgan fingerprint density at radius 3 is 2.77 bits per heavy atom. The van der Waals surface area contributed by atoms with Crippen LogP contribution in [-0.4, -0.2) is 44.3 Å². The Morgan fingerprint density at radius 2 is 2.09 bits per heavy atom. The fourth-order valence-electron chi connectivity index (χ4n) is 3.10. The van der Waals surface area contributed by atoms with Crippen molar-refractivity contribution in [1.82, 2.24) is 30.2 Å². The minimum atomic E-state index is -0.779. The average molecular weight is 298 g/mol. The highest BCUT2D eigenvalue weighted by Gasteiger charge is 2.49. The Kier molecular flexibility index (Phi) is 4.06. The zero-order valence-electron chi connectivity index (χ0n) is 12.4. The van der Waals surface area contributed by atoms with Crippen molar-refractivity contribution in [2.75, 3.05) is 13.6 Å². The summed E-state index contributed by atoms with van der Waals surface area (Å²) in [5.74, 6) is -0.0534. The molecule has 22 heavy (non-hydrogen) atoms. The van der Waals surface area contributed by atoms with Crippen molar-refractivity contribution in [3.63, 3.8) is 0 Å². The second kappa shape index (κ2) is 6.15. The maximum atomic E-state index is 12.7. The molecule has 114 valence electrons. The minimum Gasteiger partial charge on any atom is -0.357 e. The van der Waals surface area contributed by atoms with Gasteiger partial charge in [-0.1, -0.05) is 0 Å². The molecule has 1 unspecified atom stereocenters. The summed E-state index contributed by atoms with van der Waals surface area (Å²) in [7, 11) is 1.66. The predicted molar refractivity (Wildman–Crippen MR) is 79.5 cm³/mol. The van der Waals surface area contributed by atoms with Crippen molar-refractivity contribution >= 4 is 5.91 Å². The van der Waals surface area contributed by atoms with Gasteiger partial charge >= 0.3 is 0 Å². The summed E-state index contributed by atoms with van der Waals surface area (Å²) in [6.07, 6.45) is 11.6. The summed E-state index contributed by atoms with van der Waals surface area (Å²) >= 11 is 0. The van der Waals surface area contributed by atoms with E-state index in [0.29, 0.717) is 12.2 Å². The molecule has 0 radical (unpaired) electrons. The van der Waals surface area contributed by atoms with Gasteiger partial charge in [0.05, 0.1) is 11.9 Å². The Labute approximate surface area is 128 Å². The number of rotatable bonds is 4. The van der Waals surface area contributed by atoms with Crippen molar-refractivity contribution in [1.29, 1.82) is 0 Å². The van der Waals surface area contributed by atoms with Crippen LogP contribution in [0.5, 0.6) is 0 Å². The zero-order chi connectivity index (χ0) is 15.4. The maximum absolute atomic E-state index is 12.7. The van der Waals surface area contributed by atoms with Crippen LogP contribution in [0.4, 0.5) is 0 Å². The molecule has 1 N–H and O–H groups in total. The van der Waals surface area contributed by atoms with E-state index >= 15 is 0 Å². The van der Waals surface area contributed by atoms with Gasteiger partial charge in [-0.3, -0.25) is 19.7 Å². The third-order valence-corrected chi connectivity index (χ3v) is 4.08. The molecule has 2 aromatic rings. The van der Waals surface area contributed by atoms with Gasteiger partial charge in [-0.25, -0.2) is 9.97 Å². The Morgan fingerprint density at radius 1 is 1.27 bits per heavy atom. The summed E-state index contributed by atoms with van der Waals surface area (Å²) in [4.78, 5) is 31.4. The summed E-state index contributed by atoms with van der Waals surface area (Å²) in [6, 6.07) is 0. The first-order chi connectivity index (χ1) is 10.8. The van der Waals surface area contributed by atoms with Crippen LogP contribution in [0, 0.1) is 0 Å². The molecule has 1 amide bonds. The molecule has 3 rings (SSSR count). The third kappa shape index (κ3) is 2.43. The Balaban J connectivity index is 1.99. The number of hydrogen-bond donors (Lipinski definition) is 1. The molecule has 7 nitrogen and oxygen atoms in total. The third-order valence-electron chi connectivity index (χ3n) is 4.08. The zero-order valence-corrected chi connectivity index (χ0v) is 12.4. The number of nitrogens with zero attached hydrogens (tertiary/aromatic N) is 5. The van der Waals surface area contributed by atoms with Gasteiger partial charge in [0, 0.05) is 43.9 Å². The first-order valence-corrected chi connectivity index (χ1v) is 7.25. The monoisotopic (exact) mass is 298 g/mol. The van der Waals surface area contributed by atoms with Crippen LogP contribution in [0.2, 0.25) is 0 Å². The average Bonchev–Trinajstić information content (AvgIpc) is 3.00. The van der Waals surface area contributed by atoms with Crippen LogP contribution in [0.15, 0.2) is 37.3 Å². The number of carbonyl (C=O) groups excluding carboxylic acids is 1. The van der Waals surface area contributed by atoms with Gasteiger partial charge in [0.25, 0.3) is 0 Å². The highest BCUT2D eigenvalue weighted by Crippen LogP contribution is 2.38. The number of nitrogens with one attached hydrogen (secondary N) is 1. The van der Waals surface area contributed by atoms with Gasteiger partial charge in [0.15, 0.2) is 0 Å². The van der Waals surface area contributed by atoms with Crippen LogP contribution in [0.25, 0.3) is 0 Å². The lowest BCUT2D eigenvalue weighted by molar-refractivity contribution is -0.132. The molecule has 1 aliphatic rings. The fraction of sp³-hybridized carbons (Fsp3) is 0.400. The molecule has 1 aliphatic heterocycles. The van der Waals surface area contributed by atoms with Crippen molar-refractivity contribution in [3.05, 3.63) is 48.6 Å². The Hall–Kier alpha value is -2.41. The van der Waals surface area contributed by atoms with E-state index in [9.17, 15) is 4.79 Å². The highest BCUT2D eigenvalue weighted by atomic mass is 16.2. The first kappa shape index (κ1) is 14.5. The topological polar surface area (TPSA) is 83.9 Å². The molecule has 0 aromatic carbocycles. The molecule has 3 heterocycles. The van der Waals surface area contributed by atoms with Gasteiger partial charge < -0.3 is 5.32 Å². The van der Waals surface area contributed by atoms with Gasteiger partial charge in [-0.2, -0.15) is 0 Å². The van der Waals surface area contributed by atoms with Crippen molar-refractivity contribution in [2.24, 2.45) is 0 Å². The SMILES string of the molecule is CNC(=O)C1(c2cnccn2)CCCN1Cc1cncnc1. The van der Waals surface area contributed by atoms with Crippen LogP contribution < -0.4 is 5.32 Å². The lowest BCUT2D eigenvalue weighted by Crippen LogP contribution is -2.52. The molecular formula is C15H18N6O. The lowest BCUT2D eigenvalue weighted by Gasteiger charge is -2.36. The van der Waals surface area contributed by atoms with Gasteiger partial charge in [-0.15, -0.1) is 0 Å². The molecule has 1 atom stereocenters. The number of aromatic nitrogens is 4. The summed E-state index contributed by atoms with van der Waals surface area (Å²) in [5, 5.41) is 2.78. The van der Waals surface area contributed by atoms with Gasteiger partial charge in [0.1, 0.15) is 11.9 Å². The lowest BCUT2D eigenvalue weighted by atomic mass is 9.90. The molecule has 0 saturated carbocycles. The second-order valence-electron chi connectivity index (χ2n) is 5.30. The smallest absolute Gasteiger partial charge is 0.246 e. The molecule has 1 fully saturated rings. The van der Waals surface area contributed by atoms with Crippen LogP contribution in [0.3, 0.4) is 0 Å². The van der Waals surface area contributed by atoms with Gasteiger partial charge in [0.2, 0.25) is 5.91 Å². The molecule has 1 saturated heterocycles. The summed E-state index contributed by atoms with van der Waals surface area (Å²) < 4.78 is 0. The van der Waals surface area contributed by atoms with E-state index in [1.807, 2.05) is 0 Å². The summed E-state index contributed by atoms with van der Waals surface area (Å²) in [6.45, 7) is 1.42. The van der Waals surface area contributed by atoms with Crippen molar-refractivity contribution < 1.29 is 4.79 Å². The normalized spacial score (nSPS) is 21.7. The van der Waals surface area contributed by atoms with E-state index in [1.54, 1.807) is 38.0 Å². The molecule has 0 aliphatic carbocycles. The van der Waals surface area contributed by atoms with E-state index in [0.717, 1.165) is 24.9 Å². The highest BCUT2D eigenvalue weighted by molar-refractivity contribution is 5.87. The van der Waals surface area contributed by atoms with E-state index in [1.165, 1.54) is 6.33 Å². The standard InChI is InChI=1S/C15H18N6O/c1-16-14(22)15(13-9-17-4-5-20-13)3-2-6-21(15)10-12-7-18-11-19-8-12/h4-5,7-9,11H,2-3,6,10H2,1H3,(H,16,22). The van der Waals surface area contributed by atoms with E-state index in [2.05, 4.69) is 30.2 Å². The van der Waals surface area contributed by atoms with Gasteiger partial charge in [-0.05, 0) is 19.4 Å². The van der Waals surface area contributed by atoms with Crippen LogP contribution in [-0.2, 0) is 16.9 Å². The number of carbonyl (C=O) groups is 1.